The summed E-state index contributed by atoms with van der Waals surface area (Å²) in [6.07, 6.45) is 5.62. The van der Waals surface area contributed by atoms with Gasteiger partial charge in [-0.15, -0.1) is 0 Å². The molecule has 0 aliphatic heterocycles. The highest BCUT2D eigenvalue weighted by Gasteiger charge is 2.44. The number of rotatable bonds is 7. The Balaban J connectivity index is 2.17. The smallest absolute Gasteiger partial charge is 0.325 e. The summed E-state index contributed by atoms with van der Waals surface area (Å²) in [5, 5.41) is 0. The van der Waals surface area contributed by atoms with Gasteiger partial charge in [-0.2, -0.15) is 13.2 Å². The Kier molecular flexibility index (Phi) is 6.64. The van der Waals surface area contributed by atoms with Crippen LogP contribution in [0.5, 0.6) is 0 Å². The summed E-state index contributed by atoms with van der Waals surface area (Å²) >= 11 is 0. The average Bonchev–Trinajstić information content (AvgIpc) is 2.33. The molecule has 1 aliphatic rings. The van der Waals surface area contributed by atoms with Crippen molar-refractivity contribution in [1.82, 2.24) is 0 Å². The number of unbranched alkanes of at least 4 members (excludes halogenated alkanes) is 5. The Hall–Kier alpha value is -0.250. The van der Waals surface area contributed by atoms with Crippen LogP contribution in [-0.4, -0.2) is 11.7 Å². The lowest BCUT2D eigenvalue weighted by Crippen LogP contribution is -2.45. The first-order valence-corrected chi connectivity index (χ1v) is 7.73. The molecule has 0 atom stereocenters. The van der Waals surface area contributed by atoms with Gasteiger partial charge in [-0.25, -0.2) is 0 Å². The van der Waals surface area contributed by atoms with Crippen LogP contribution in [0.1, 0.15) is 77.6 Å². The van der Waals surface area contributed by atoms with Crippen LogP contribution in [0, 0.1) is 5.92 Å². The second-order valence-electron chi connectivity index (χ2n) is 6.20. The lowest BCUT2D eigenvalue weighted by molar-refractivity contribution is -0.184. The van der Waals surface area contributed by atoms with Crippen LogP contribution in [0.4, 0.5) is 13.2 Å². The molecule has 1 rings (SSSR count). The molecule has 0 bridgehead atoms. The zero-order valence-electron chi connectivity index (χ0n) is 12.1. The third-order valence-electron chi connectivity index (χ3n) is 4.47. The zero-order valence-corrected chi connectivity index (χ0v) is 12.1. The van der Waals surface area contributed by atoms with Gasteiger partial charge in [-0.05, 0) is 32.1 Å². The summed E-state index contributed by atoms with van der Waals surface area (Å²) in [7, 11) is 0. The topological polar surface area (TPSA) is 26.0 Å². The molecule has 0 radical (unpaired) electrons. The van der Waals surface area contributed by atoms with Gasteiger partial charge in [0.15, 0.2) is 0 Å². The molecule has 1 saturated carbocycles. The van der Waals surface area contributed by atoms with E-state index in [-0.39, 0.29) is 18.4 Å². The van der Waals surface area contributed by atoms with Crippen molar-refractivity contribution < 1.29 is 13.2 Å². The van der Waals surface area contributed by atoms with Gasteiger partial charge in [0.25, 0.3) is 0 Å². The average molecular weight is 279 g/mol. The molecule has 0 aromatic rings. The van der Waals surface area contributed by atoms with E-state index in [1.165, 1.54) is 32.1 Å². The molecule has 1 aliphatic carbocycles. The van der Waals surface area contributed by atoms with Gasteiger partial charge in [0.1, 0.15) is 0 Å². The predicted octanol–water partition coefficient (Wildman–Crippen LogP) is 5.19. The zero-order chi connectivity index (χ0) is 14.4. The fraction of sp³-hybridized carbons (Fsp3) is 1.00. The first kappa shape index (κ1) is 16.8. The lowest BCUT2D eigenvalue weighted by Gasteiger charge is -2.38. The highest BCUT2D eigenvalue weighted by molar-refractivity contribution is 4.91. The van der Waals surface area contributed by atoms with Crippen molar-refractivity contribution in [3.05, 3.63) is 0 Å². The van der Waals surface area contributed by atoms with Crippen LogP contribution in [0.15, 0.2) is 0 Å². The molecule has 0 unspecified atom stereocenters. The van der Waals surface area contributed by atoms with Crippen molar-refractivity contribution in [3.8, 4) is 0 Å². The fourth-order valence-corrected chi connectivity index (χ4v) is 3.03. The van der Waals surface area contributed by atoms with Crippen molar-refractivity contribution in [2.24, 2.45) is 11.7 Å². The van der Waals surface area contributed by atoms with Crippen molar-refractivity contribution in [1.29, 1.82) is 0 Å². The summed E-state index contributed by atoms with van der Waals surface area (Å²) in [5.41, 5.74) is 5.91. The maximum Gasteiger partial charge on any atom is 0.391 e. The van der Waals surface area contributed by atoms with Crippen molar-refractivity contribution in [2.45, 2.75) is 89.3 Å². The summed E-state index contributed by atoms with van der Waals surface area (Å²) in [5.74, 6) is -1.12. The van der Waals surface area contributed by atoms with Gasteiger partial charge < -0.3 is 5.73 Å². The standard InChI is InChI=1S/C15H28F3N/c1-2-3-4-5-6-7-10-14(19)11-8-13(9-12-14)15(16,17)18/h13H,2-12,19H2,1H3. The Morgan fingerprint density at radius 2 is 1.53 bits per heavy atom. The van der Waals surface area contributed by atoms with E-state index in [4.69, 9.17) is 5.73 Å². The van der Waals surface area contributed by atoms with Crippen molar-refractivity contribution >= 4 is 0 Å². The molecule has 114 valence electrons. The summed E-state index contributed by atoms with van der Waals surface area (Å²) in [6.45, 7) is 2.19. The number of hydrogen-bond acceptors (Lipinski definition) is 1. The van der Waals surface area contributed by atoms with Gasteiger partial charge >= 0.3 is 6.18 Å². The summed E-state index contributed by atoms with van der Waals surface area (Å²) in [6, 6.07) is 0. The SMILES string of the molecule is CCCCCCCCC1(N)CCC(C(F)(F)F)CC1. The molecule has 19 heavy (non-hydrogen) atoms. The minimum Gasteiger partial charge on any atom is -0.325 e. The van der Waals surface area contributed by atoms with Gasteiger partial charge in [-0.3, -0.25) is 0 Å². The monoisotopic (exact) mass is 279 g/mol. The molecule has 1 fully saturated rings. The Morgan fingerprint density at radius 1 is 1.00 bits per heavy atom. The third kappa shape index (κ3) is 6.15. The number of nitrogens with two attached hydrogens (primary N) is 1. The van der Waals surface area contributed by atoms with Crippen molar-refractivity contribution in [3.63, 3.8) is 0 Å². The van der Waals surface area contributed by atoms with E-state index in [0.29, 0.717) is 12.8 Å². The second kappa shape index (κ2) is 7.51. The molecule has 4 heteroatoms. The largest absolute Gasteiger partial charge is 0.391 e. The highest BCUT2D eigenvalue weighted by Crippen LogP contribution is 2.41. The third-order valence-corrected chi connectivity index (χ3v) is 4.47. The number of hydrogen-bond donors (Lipinski definition) is 1. The minimum absolute atomic E-state index is 0.218. The molecule has 1 nitrogen and oxygen atoms in total. The molecule has 2 N–H and O–H groups in total. The van der Waals surface area contributed by atoms with Crippen LogP contribution in [0.25, 0.3) is 0 Å². The van der Waals surface area contributed by atoms with E-state index >= 15 is 0 Å². The molecular weight excluding hydrogens is 251 g/mol. The van der Waals surface area contributed by atoms with Gasteiger partial charge in [0.05, 0.1) is 5.92 Å². The molecule has 0 amide bonds. The van der Waals surface area contributed by atoms with Crippen LogP contribution in [-0.2, 0) is 0 Å². The van der Waals surface area contributed by atoms with Crippen LogP contribution >= 0.6 is 0 Å². The first-order valence-electron chi connectivity index (χ1n) is 7.73. The summed E-state index contributed by atoms with van der Waals surface area (Å²) in [4.78, 5) is 0. The maximum atomic E-state index is 12.6. The highest BCUT2D eigenvalue weighted by atomic mass is 19.4. The Labute approximate surface area is 115 Å². The molecule has 0 spiro atoms. The van der Waals surface area contributed by atoms with E-state index in [9.17, 15) is 13.2 Å². The predicted molar refractivity (Wildman–Crippen MR) is 72.9 cm³/mol. The first-order chi connectivity index (χ1) is 8.87. The maximum absolute atomic E-state index is 12.6. The quantitative estimate of drug-likeness (QED) is 0.638. The molecule has 0 aromatic carbocycles. The van der Waals surface area contributed by atoms with Crippen molar-refractivity contribution in [2.75, 3.05) is 0 Å². The molecule has 0 aromatic heterocycles. The Bertz CT molecular complexity index is 242. The molecular formula is C15H28F3N. The van der Waals surface area contributed by atoms with Gasteiger partial charge in [0, 0.05) is 5.54 Å². The van der Waals surface area contributed by atoms with Crippen LogP contribution in [0.3, 0.4) is 0 Å². The molecule has 0 heterocycles. The minimum atomic E-state index is -4.03. The second-order valence-corrected chi connectivity index (χ2v) is 6.20. The van der Waals surface area contributed by atoms with Gasteiger partial charge in [-0.1, -0.05) is 45.4 Å². The normalized spacial score (nSPS) is 28.6. The van der Waals surface area contributed by atoms with Crippen LogP contribution in [0.2, 0.25) is 0 Å². The van der Waals surface area contributed by atoms with E-state index in [0.717, 1.165) is 12.8 Å². The number of halogens is 3. The van der Waals surface area contributed by atoms with E-state index in [2.05, 4.69) is 6.92 Å². The van der Waals surface area contributed by atoms with Gasteiger partial charge in [0.2, 0.25) is 0 Å². The summed E-state index contributed by atoms with van der Waals surface area (Å²) < 4.78 is 37.7. The Morgan fingerprint density at radius 3 is 2.05 bits per heavy atom. The molecule has 0 saturated heterocycles. The van der Waals surface area contributed by atoms with E-state index < -0.39 is 12.1 Å². The fourth-order valence-electron chi connectivity index (χ4n) is 3.03. The number of alkyl halides is 3. The van der Waals surface area contributed by atoms with Crippen LogP contribution < -0.4 is 5.73 Å². The van der Waals surface area contributed by atoms with E-state index in [1.807, 2.05) is 0 Å². The van der Waals surface area contributed by atoms with E-state index in [1.54, 1.807) is 0 Å². The lowest BCUT2D eigenvalue weighted by atomic mass is 9.74.